The van der Waals surface area contributed by atoms with Crippen LogP contribution < -0.4 is 0 Å². The average Bonchev–Trinajstić information content (AvgIpc) is 2.30. The third kappa shape index (κ3) is 1.57. The van der Waals surface area contributed by atoms with Crippen LogP contribution in [0, 0.1) is 17.8 Å². The normalized spacial score (nSPS) is 35.1. The van der Waals surface area contributed by atoms with Gasteiger partial charge < -0.3 is 0 Å². The van der Waals surface area contributed by atoms with Gasteiger partial charge in [-0.1, -0.05) is 6.92 Å². The van der Waals surface area contributed by atoms with Gasteiger partial charge in [-0.25, -0.2) is 0 Å². The SMILES string of the molecule is CC(=O)C1[C@@H](C)CC[C@H]1C(C)=O. The van der Waals surface area contributed by atoms with E-state index < -0.39 is 0 Å². The Morgan fingerprint density at radius 3 is 2.00 bits per heavy atom. The summed E-state index contributed by atoms with van der Waals surface area (Å²) in [5.41, 5.74) is 0. The molecule has 2 heteroatoms. The molecule has 0 N–H and O–H groups in total. The second-order valence-corrected chi connectivity index (χ2v) is 3.91. The predicted octanol–water partition coefficient (Wildman–Crippen LogP) is 1.83. The maximum atomic E-state index is 11.2. The zero-order valence-electron chi connectivity index (χ0n) is 7.96. The first-order valence-corrected chi connectivity index (χ1v) is 4.55. The number of carbonyl (C=O) groups excluding carboxylic acids is 2. The summed E-state index contributed by atoms with van der Waals surface area (Å²) in [5.74, 6) is 0.774. The van der Waals surface area contributed by atoms with E-state index in [0.29, 0.717) is 5.92 Å². The molecular formula is C10H16O2. The van der Waals surface area contributed by atoms with Gasteiger partial charge in [0.25, 0.3) is 0 Å². The number of Topliss-reactive ketones (excluding diaryl/α,β-unsaturated/α-hetero) is 2. The van der Waals surface area contributed by atoms with Crippen LogP contribution in [0.3, 0.4) is 0 Å². The predicted molar refractivity (Wildman–Crippen MR) is 46.7 cm³/mol. The summed E-state index contributed by atoms with van der Waals surface area (Å²) in [7, 11) is 0. The van der Waals surface area contributed by atoms with Crippen molar-refractivity contribution in [3.05, 3.63) is 0 Å². The fourth-order valence-corrected chi connectivity index (χ4v) is 2.34. The molecule has 12 heavy (non-hydrogen) atoms. The van der Waals surface area contributed by atoms with Crippen LogP contribution >= 0.6 is 0 Å². The Hall–Kier alpha value is -0.660. The van der Waals surface area contributed by atoms with Crippen LogP contribution in [0.2, 0.25) is 0 Å². The van der Waals surface area contributed by atoms with Crippen molar-refractivity contribution in [3.63, 3.8) is 0 Å². The topological polar surface area (TPSA) is 34.1 Å². The third-order valence-electron chi connectivity index (χ3n) is 2.97. The van der Waals surface area contributed by atoms with Crippen LogP contribution in [0.15, 0.2) is 0 Å². The summed E-state index contributed by atoms with van der Waals surface area (Å²) >= 11 is 0. The van der Waals surface area contributed by atoms with Crippen molar-refractivity contribution in [2.24, 2.45) is 17.8 Å². The highest BCUT2D eigenvalue weighted by Crippen LogP contribution is 2.37. The van der Waals surface area contributed by atoms with Crippen LogP contribution in [0.5, 0.6) is 0 Å². The summed E-state index contributed by atoms with van der Waals surface area (Å²) < 4.78 is 0. The molecule has 0 spiro atoms. The molecular weight excluding hydrogens is 152 g/mol. The summed E-state index contributed by atoms with van der Waals surface area (Å²) in [4.78, 5) is 22.4. The van der Waals surface area contributed by atoms with Gasteiger partial charge in [0.1, 0.15) is 11.6 Å². The molecule has 0 amide bonds. The maximum absolute atomic E-state index is 11.2. The van der Waals surface area contributed by atoms with E-state index in [1.165, 1.54) is 0 Å². The fraction of sp³-hybridized carbons (Fsp3) is 0.800. The molecule has 1 unspecified atom stereocenters. The van der Waals surface area contributed by atoms with Crippen molar-refractivity contribution < 1.29 is 9.59 Å². The third-order valence-corrected chi connectivity index (χ3v) is 2.97. The maximum Gasteiger partial charge on any atom is 0.133 e. The first-order valence-electron chi connectivity index (χ1n) is 4.55. The monoisotopic (exact) mass is 168 g/mol. The highest BCUT2D eigenvalue weighted by atomic mass is 16.1. The zero-order chi connectivity index (χ0) is 9.30. The lowest BCUT2D eigenvalue weighted by atomic mass is 9.85. The molecule has 1 fully saturated rings. The summed E-state index contributed by atoms with van der Waals surface area (Å²) in [6, 6.07) is 0. The highest BCUT2D eigenvalue weighted by molar-refractivity contribution is 5.88. The summed E-state index contributed by atoms with van der Waals surface area (Å²) in [6.45, 7) is 5.26. The first-order chi connectivity index (χ1) is 5.54. The van der Waals surface area contributed by atoms with Crippen LogP contribution in [-0.2, 0) is 9.59 Å². The molecule has 0 bridgehead atoms. The molecule has 1 aliphatic rings. The van der Waals surface area contributed by atoms with Crippen molar-refractivity contribution in [2.75, 3.05) is 0 Å². The van der Waals surface area contributed by atoms with Crippen molar-refractivity contribution in [1.82, 2.24) is 0 Å². The van der Waals surface area contributed by atoms with E-state index in [1.54, 1.807) is 13.8 Å². The minimum absolute atomic E-state index is 0.00231. The lowest BCUT2D eigenvalue weighted by molar-refractivity contribution is -0.129. The van der Waals surface area contributed by atoms with Crippen molar-refractivity contribution >= 4 is 11.6 Å². The molecule has 0 aromatic rings. The highest BCUT2D eigenvalue weighted by Gasteiger charge is 2.38. The van der Waals surface area contributed by atoms with Gasteiger partial charge in [-0.3, -0.25) is 9.59 Å². The molecule has 0 radical (unpaired) electrons. The minimum atomic E-state index is 0.00231. The van der Waals surface area contributed by atoms with Gasteiger partial charge in [-0.2, -0.15) is 0 Å². The zero-order valence-corrected chi connectivity index (χ0v) is 7.96. The first kappa shape index (κ1) is 9.43. The lowest BCUT2D eigenvalue weighted by Gasteiger charge is -2.17. The van der Waals surface area contributed by atoms with Crippen molar-refractivity contribution in [3.8, 4) is 0 Å². The smallest absolute Gasteiger partial charge is 0.133 e. The summed E-state index contributed by atoms with van der Waals surface area (Å²) in [5, 5.41) is 0. The molecule has 1 rings (SSSR count). The fourth-order valence-electron chi connectivity index (χ4n) is 2.34. The Labute approximate surface area is 73.3 Å². The van der Waals surface area contributed by atoms with E-state index in [2.05, 4.69) is 6.92 Å². The molecule has 1 saturated carbocycles. The number of hydrogen-bond donors (Lipinski definition) is 0. The number of hydrogen-bond acceptors (Lipinski definition) is 2. The van der Waals surface area contributed by atoms with E-state index in [4.69, 9.17) is 0 Å². The van der Waals surface area contributed by atoms with Gasteiger partial charge in [-0.15, -0.1) is 0 Å². The molecule has 0 aromatic carbocycles. The lowest BCUT2D eigenvalue weighted by Crippen LogP contribution is -2.25. The number of ketones is 2. The van der Waals surface area contributed by atoms with E-state index in [-0.39, 0.29) is 23.4 Å². The van der Waals surface area contributed by atoms with E-state index >= 15 is 0 Å². The van der Waals surface area contributed by atoms with Crippen molar-refractivity contribution in [1.29, 1.82) is 0 Å². The number of rotatable bonds is 2. The molecule has 3 atom stereocenters. The van der Waals surface area contributed by atoms with E-state index in [9.17, 15) is 9.59 Å². The quantitative estimate of drug-likeness (QED) is 0.630. The van der Waals surface area contributed by atoms with Gasteiger partial charge in [0.2, 0.25) is 0 Å². The Balaban J connectivity index is 2.77. The second kappa shape index (κ2) is 3.38. The van der Waals surface area contributed by atoms with Crippen molar-refractivity contribution in [2.45, 2.75) is 33.6 Å². The van der Waals surface area contributed by atoms with Crippen LogP contribution in [0.25, 0.3) is 0 Å². The van der Waals surface area contributed by atoms with Crippen LogP contribution in [-0.4, -0.2) is 11.6 Å². The average molecular weight is 168 g/mol. The van der Waals surface area contributed by atoms with Gasteiger partial charge in [0, 0.05) is 11.8 Å². The Kier molecular flexibility index (Phi) is 2.65. The van der Waals surface area contributed by atoms with Crippen LogP contribution in [0.4, 0.5) is 0 Å². The second-order valence-electron chi connectivity index (χ2n) is 3.91. The minimum Gasteiger partial charge on any atom is -0.300 e. The Bertz CT molecular complexity index is 208. The van der Waals surface area contributed by atoms with Gasteiger partial charge >= 0.3 is 0 Å². The summed E-state index contributed by atoms with van der Waals surface area (Å²) in [6.07, 6.45) is 1.93. The van der Waals surface area contributed by atoms with Gasteiger partial charge in [0.05, 0.1) is 0 Å². The van der Waals surface area contributed by atoms with Gasteiger partial charge in [-0.05, 0) is 32.6 Å². The number of carbonyl (C=O) groups is 2. The molecule has 0 aliphatic heterocycles. The molecule has 0 heterocycles. The largest absolute Gasteiger partial charge is 0.300 e. The molecule has 0 aromatic heterocycles. The Morgan fingerprint density at radius 1 is 1.08 bits per heavy atom. The van der Waals surface area contributed by atoms with Gasteiger partial charge in [0.15, 0.2) is 0 Å². The molecule has 68 valence electrons. The Morgan fingerprint density at radius 2 is 1.67 bits per heavy atom. The van der Waals surface area contributed by atoms with E-state index in [1.807, 2.05) is 0 Å². The van der Waals surface area contributed by atoms with E-state index in [0.717, 1.165) is 12.8 Å². The van der Waals surface area contributed by atoms with Crippen LogP contribution in [0.1, 0.15) is 33.6 Å². The molecule has 1 aliphatic carbocycles. The standard InChI is InChI=1S/C10H16O2/c1-6-4-5-9(7(2)11)10(6)8(3)12/h6,9-10H,4-5H2,1-3H3/t6-,9-,10?/m0/s1. The molecule has 0 saturated heterocycles. The molecule has 2 nitrogen and oxygen atoms in total.